The van der Waals surface area contributed by atoms with Crippen LogP contribution in [0.2, 0.25) is 0 Å². The lowest BCUT2D eigenvalue weighted by Crippen LogP contribution is -2.51. The molecule has 4 bridgehead atoms. The van der Waals surface area contributed by atoms with Gasteiger partial charge >= 0.3 is 5.69 Å². The van der Waals surface area contributed by atoms with Crippen molar-refractivity contribution in [1.82, 2.24) is 0 Å². The van der Waals surface area contributed by atoms with Gasteiger partial charge in [0.1, 0.15) is 0 Å². The Balaban J connectivity index is 1.55. The minimum Gasteiger partial charge on any atom is -0.490 e. The van der Waals surface area contributed by atoms with E-state index in [1.807, 2.05) is 6.07 Å². The third-order valence-electron chi connectivity index (χ3n) is 5.94. The summed E-state index contributed by atoms with van der Waals surface area (Å²) in [4.78, 5) is 10.6. The van der Waals surface area contributed by atoms with E-state index in [0.29, 0.717) is 11.8 Å². The first kappa shape index (κ1) is 13.9. The van der Waals surface area contributed by atoms with Gasteiger partial charge in [0.05, 0.1) is 12.0 Å². The summed E-state index contributed by atoms with van der Waals surface area (Å²) in [5.41, 5.74) is 0.970. The number of nitro benzene ring substituents is 1. The smallest absolute Gasteiger partial charge is 0.311 e. The van der Waals surface area contributed by atoms with E-state index in [0.717, 1.165) is 29.4 Å². The molecular formula is C17H22N2O3. The van der Waals surface area contributed by atoms with Crippen LogP contribution in [0.25, 0.3) is 0 Å². The summed E-state index contributed by atoms with van der Waals surface area (Å²) >= 11 is 0. The third kappa shape index (κ3) is 2.23. The normalized spacial score (nSPS) is 35.4. The van der Waals surface area contributed by atoms with Gasteiger partial charge in [-0.15, -0.1) is 0 Å². The lowest BCUT2D eigenvalue weighted by atomic mass is 9.54. The van der Waals surface area contributed by atoms with E-state index < -0.39 is 4.92 Å². The number of hydrogen-bond donors (Lipinski definition) is 1. The van der Waals surface area contributed by atoms with Crippen LogP contribution in [0.4, 0.5) is 11.4 Å². The van der Waals surface area contributed by atoms with Gasteiger partial charge in [-0.05, 0) is 61.8 Å². The highest BCUT2D eigenvalue weighted by Crippen LogP contribution is 2.54. The summed E-state index contributed by atoms with van der Waals surface area (Å²) in [5, 5.41) is 14.6. The fourth-order valence-electron chi connectivity index (χ4n) is 5.27. The molecule has 0 atom stereocenters. The lowest BCUT2D eigenvalue weighted by molar-refractivity contribution is -0.385. The van der Waals surface area contributed by atoms with Crippen LogP contribution >= 0.6 is 0 Å². The fourth-order valence-corrected chi connectivity index (χ4v) is 5.27. The zero-order valence-corrected chi connectivity index (χ0v) is 12.8. The van der Waals surface area contributed by atoms with Crippen LogP contribution in [0, 0.1) is 33.8 Å². The van der Waals surface area contributed by atoms with Gasteiger partial charge in [0.15, 0.2) is 5.75 Å². The summed E-state index contributed by atoms with van der Waals surface area (Å²) in [6.07, 6.45) is 6.87. The molecule has 118 valence electrons. The molecule has 5 rings (SSSR count). The highest BCUT2D eigenvalue weighted by atomic mass is 16.6. The molecule has 0 aromatic heterocycles. The van der Waals surface area contributed by atoms with E-state index in [2.05, 4.69) is 5.32 Å². The van der Waals surface area contributed by atoms with Crippen LogP contribution < -0.4 is 10.1 Å². The van der Waals surface area contributed by atoms with Crippen molar-refractivity contribution in [2.75, 3.05) is 12.4 Å². The molecule has 4 aliphatic rings. The van der Waals surface area contributed by atoms with Crippen LogP contribution in [-0.4, -0.2) is 18.1 Å². The van der Waals surface area contributed by atoms with Gasteiger partial charge in [-0.25, -0.2) is 0 Å². The largest absolute Gasteiger partial charge is 0.490 e. The highest BCUT2D eigenvalue weighted by Gasteiger charge is 2.48. The van der Waals surface area contributed by atoms with Crippen LogP contribution in [0.5, 0.6) is 5.75 Å². The van der Waals surface area contributed by atoms with E-state index >= 15 is 0 Å². The summed E-state index contributed by atoms with van der Waals surface area (Å²) < 4.78 is 5.17. The van der Waals surface area contributed by atoms with Crippen molar-refractivity contribution in [3.05, 3.63) is 28.3 Å². The number of anilines is 1. The van der Waals surface area contributed by atoms with Gasteiger partial charge in [0.25, 0.3) is 0 Å². The van der Waals surface area contributed by atoms with Gasteiger partial charge in [-0.2, -0.15) is 0 Å². The molecule has 0 saturated heterocycles. The Hall–Kier alpha value is -1.78. The summed E-state index contributed by atoms with van der Waals surface area (Å²) in [7, 11) is 1.48. The Labute approximate surface area is 130 Å². The average Bonchev–Trinajstić information content (AvgIpc) is 2.49. The monoisotopic (exact) mass is 302 g/mol. The quantitative estimate of drug-likeness (QED) is 0.678. The van der Waals surface area contributed by atoms with Crippen molar-refractivity contribution >= 4 is 11.4 Å². The SMILES string of the molecule is COc1cc(NC2C3CC4CC(C3)CC2C4)ccc1[N+](=O)[O-]. The number of nitrogens with zero attached hydrogens (tertiary/aromatic N) is 1. The van der Waals surface area contributed by atoms with Crippen molar-refractivity contribution in [2.24, 2.45) is 23.7 Å². The van der Waals surface area contributed by atoms with Crippen molar-refractivity contribution in [2.45, 2.75) is 38.1 Å². The predicted molar refractivity (Wildman–Crippen MR) is 84.1 cm³/mol. The molecule has 5 heteroatoms. The van der Waals surface area contributed by atoms with Crippen molar-refractivity contribution in [3.8, 4) is 5.75 Å². The third-order valence-corrected chi connectivity index (χ3v) is 5.94. The Morgan fingerprint density at radius 1 is 1.14 bits per heavy atom. The number of nitro groups is 1. The van der Waals surface area contributed by atoms with E-state index in [1.165, 1.54) is 45.3 Å². The second-order valence-corrected chi connectivity index (χ2v) is 7.24. The maximum absolute atomic E-state index is 11.0. The number of rotatable bonds is 4. The first-order valence-corrected chi connectivity index (χ1v) is 8.23. The van der Waals surface area contributed by atoms with Gasteiger partial charge in [-0.1, -0.05) is 0 Å². The molecule has 0 heterocycles. The van der Waals surface area contributed by atoms with Crippen LogP contribution in [0.15, 0.2) is 18.2 Å². The Bertz CT molecular complexity index is 574. The molecule has 4 fully saturated rings. The Morgan fingerprint density at radius 2 is 1.77 bits per heavy atom. The summed E-state index contributed by atoms with van der Waals surface area (Å²) in [5.74, 6) is 3.78. The maximum Gasteiger partial charge on any atom is 0.311 e. The molecule has 1 aromatic rings. The molecular weight excluding hydrogens is 280 g/mol. The first-order valence-electron chi connectivity index (χ1n) is 8.23. The molecule has 0 spiro atoms. The molecule has 5 nitrogen and oxygen atoms in total. The topological polar surface area (TPSA) is 64.4 Å². The molecule has 22 heavy (non-hydrogen) atoms. The zero-order chi connectivity index (χ0) is 15.3. The molecule has 1 aromatic carbocycles. The van der Waals surface area contributed by atoms with Crippen LogP contribution in [0.3, 0.4) is 0 Å². The number of nitrogens with one attached hydrogen (secondary N) is 1. The van der Waals surface area contributed by atoms with Gasteiger partial charge in [0, 0.05) is 23.9 Å². The minimum absolute atomic E-state index is 0.0260. The maximum atomic E-state index is 11.0. The predicted octanol–water partition coefficient (Wildman–Crippen LogP) is 3.84. The zero-order valence-electron chi connectivity index (χ0n) is 12.8. The first-order chi connectivity index (χ1) is 10.6. The van der Waals surface area contributed by atoms with E-state index in [9.17, 15) is 10.1 Å². The molecule has 1 N–H and O–H groups in total. The molecule has 0 aliphatic heterocycles. The molecule has 0 amide bonds. The number of benzene rings is 1. The Kier molecular flexibility index (Phi) is 3.24. The van der Waals surface area contributed by atoms with Crippen molar-refractivity contribution < 1.29 is 9.66 Å². The standard InChI is InChI=1S/C17H22N2O3/c1-22-16-9-14(2-3-15(16)19(20)21)18-17-12-5-10-4-11(7-12)8-13(17)6-10/h2-3,9-13,17-18H,4-8H2,1H3. The van der Waals surface area contributed by atoms with E-state index in [-0.39, 0.29) is 5.69 Å². The van der Waals surface area contributed by atoms with E-state index in [4.69, 9.17) is 4.74 Å². The number of ether oxygens (including phenoxy) is 1. The van der Waals surface area contributed by atoms with Crippen LogP contribution in [0.1, 0.15) is 32.1 Å². The van der Waals surface area contributed by atoms with Gasteiger partial charge in [0.2, 0.25) is 0 Å². The van der Waals surface area contributed by atoms with Crippen molar-refractivity contribution in [3.63, 3.8) is 0 Å². The molecule has 0 radical (unpaired) electrons. The highest BCUT2D eigenvalue weighted by molar-refractivity contribution is 5.58. The summed E-state index contributed by atoms with van der Waals surface area (Å²) in [6.45, 7) is 0. The average molecular weight is 302 g/mol. The van der Waals surface area contributed by atoms with Gasteiger partial charge < -0.3 is 10.1 Å². The second-order valence-electron chi connectivity index (χ2n) is 7.24. The molecule has 0 unspecified atom stereocenters. The molecule has 4 saturated carbocycles. The number of hydrogen-bond acceptors (Lipinski definition) is 4. The summed E-state index contributed by atoms with van der Waals surface area (Å²) in [6, 6.07) is 5.64. The number of methoxy groups -OCH3 is 1. The minimum atomic E-state index is -0.397. The molecule has 4 aliphatic carbocycles. The van der Waals surface area contributed by atoms with E-state index in [1.54, 1.807) is 6.07 Å². The Morgan fingerprint density at radius 3 is 2.32 bits per heavy atom. The van der Waals surface area contributed by atoms with Crippen molar-refractivity contribution in [1.29, 1.82) is 0 Å². The second kappa shape index (κ2) is 5.14. The lowest BCUT2D eigenvalue weighted by Gasteiger charge is -2.54. The van der Waals surface area contributed by atoms with Gasteiger partial charge in [-0.3, -0.25) is 10.1 Å². The fraction of sp³-hybridized carbons (Fsp3) is 0.647. The van der Waals surface area contributed by atoms with Crippen LogP contribution in [-0.2, 0) is 0 Å².